The van der Waals surface area contributed by atoms with Gasteiger partial charge in [0, 0.05) is 17.6 Å². The molecule has 0 aromatic heterocycles. The molecule has 2 rings (SSSR count). The van der Waals surface area contributed by atoms with E-state index in [-0.39, 0.29) is 11.1 Å². The van der Waals surface area contributed by atoms with Crippen molar-refractivity contribution in [3.8, 4) is 0 Å². The van der Waals surface area contributed by atoms with Crippen molar-refractivity contribution in [3.05, 3.63) is 30.3 Å². The highest BCUT2D eigenvalue weighted by molar-refractivity contribution is 9.09. The molecule has 0 spiro atoms. The van der Waals surface area contributed by atoms with Crippen LogP contribution in [0.3, 0.4) is 0 Å². The quantitative estimate of drug-likeness (QED) is 0.868. The van der Waals surface area contributed by atoms with E-state index < -0.39 is 5.37 Å². The number of hydrogen-bond donors (Lipinski definition) is 1. The highest BCUT2D eigenvalue weighted by Crippen LogP contribution is 2.27. The first-order chi connectivity index (χ1) is 8.22. The van der Waals surface area contributed by atoms with Crippen LogP contribution in [-0.4, -0.2) is 33.3 Å². The second-order valence-corrected chi connectivity index (χ2v) is 5.30. The Morgan fingerprint density at radius 2 is 2.00 bits per heavy atom. The summed E-state index contributed by atoms with van der Waals surface area (Å²) in [6.45, 7) is 0.414. The van der Waals surface area contributed by atoms with Crippen LogP contribution in [-0.2, 0) is 4.79 Å². The van der Waals surface area contributed by atoms with Crippen LogP contribution in [0.5, 0.6) is 0 Å². The summed E-state index contributed by atoms with van der Waals surface area (Å²) < 4.78 is 0. The molecular weight excluding hydrogens is 304 g/mol. The molecule has 1 aromatic rings. The van der Waals surface area contributed by atoms with Crippen molar-refractivity contribution < 1.29 is 9.59 Å². The Morgan fingerprint density at radius 1 is 1.29 bits per heavy atom. The summed E-state index contributed by atoms with van der Waals surface area (Å²) in [5, 5.41) is 2.94. The first-order valence-corrected chi connectivity index (χ1v) is 7.12. The van der Waals surface area contributed by atoms with Gasteiger partial charge in [-0.15, -0.1) is 0 Å². The third-order valence-electron chi connectivity index (χ3n) is 2.31. The fourth-order valence-electron chi connectivity index (χ4n) is 1.51. The van der Waals surface area contributed by atoms with Gasteiger partial charge in [0.1, 0.15) is 0 Å². The number of para-hydroxylation sites is 1. The molecule has 0 radical (unpaired) electrons. The van der Waals surface area contributed by atoms with Crippen LogP contribution in [0.1, 0.15) is 0 Å². The molecule has 0 unspecified atom stereocenters. The number of benzene rings is 1. The van der Waals surface area contributed by atoms with Crippen molar-refractivity contribution in [2.45, 2.75) is 5.37 Å². The van der Waals surface area contributed by atoms with Crippen molar-refractivity contribution in [1.29, 1.82) is 0 Å². The van der Waals surface area contributed by atoms with Gasteiger partial charge in [0.2, 0.25) is 0 Å². The van der Waals surface area contributed by atoms with E-state index in [4.69, 9.17) is 0 Å². The molecule has 2 amide bonds. The minimum atomic E-state index is -0.510. The number of hydrogen-bond acceptors (Lipinski definition) is 4. The Morgan fingerprint density at radius 3 is 2.65 bits per heavy atom. The van der Waals surface area contributed by atoms with Gasteiger partial charge >= 0.3 is 0 Å². The largest absolute Gasteiger partial charge is 0.365 e. The highest BCUT2D eigenvalue weighted by atomic mass is 79.9. The molecule has 1 aliphatic heterocycles. The van der Waals surface area contributed by atoms with E-state index in [0.717, 1.165) is 17.4 Å². The predicted molar refractivity (Wildman–Crippen MR) is 72.3 cm³/mol. The van der Waals surface area contributed by atoms with E-state index in [9.17, 15) is 9.59 Å². The zero-order valence-electron chi connectivity index (χ0n) is 8.93. The summed E-state index contributed by atoms with van der Waals surface area (Å²) in [6, 6.07) is 9.39. The summed E-state index contributed by atoms with van der Waals surface area (Å²) in [6.07, 6.45) is 0. The van der Waals surface area contributed by atoms with E-state index in [1.54, 1.807) is 0 Å². The second-order valence-electron chi connectivity index (χ2n) is 3.45. The van der Waals surface area contributed by atoms with Gasteiger partial charge < -0.3 is 5.32 Å². The molecule has 4 nitrogen and oxygen atoms in total. The maximum atomic E-state index is 11.9. The number of amides is 2. The van der Waals surface area contributed by atoms with Gasteiger partial charge in [0.15, 0.2) is 5.37 Å². The van der Waals surface area contributed by atoms with Crippen molar-refractivity contribution in [2.75, 3.05) is 17.2 Å². The third-order valence-corrected chi connectivity index (χ3v) is 3.64. The number of thioether (sulfide) groups is 1. The lowest BCUT2D eigenvalue weighted by atomic mass is 10.3. The number of nitrogens with zero attached hydrogens (tertiary/aromatic N) is 1. The first-order valence-electron chi connectivity index (χ1n) is 5.12. The van der Waals surface area contributed by atoms with Gasteiger partial charge in [-0.05, 0) is 23.9 Å². The highest BCUT2D eigenvalue weighted by Gasteiger charge is 2.39. The Kier molecular flexibility index (Phi) is 4.06. The van der Waals surface area contributed by atoms with Crippen LogP contribution >= 0.6 is 27.7 Å². The number of carbonyl (C=O) groups is 2. The molecule has 0 bridgehead atoms. The maximum Gasteiger partial charge on any atom is 0.290 e. The number of carbonyl (C=O) groups excluding carboxylic acids is 2. The smallest absolute Gasteiger partial charge is 0.290 e. The normalized spacial score (nSPS) is 19.8. The van der Waals surface area contributed by atoms with E-state index in [2.05, 4.69) is 21.2 Å². The third kappa shape index (κ3) is 2.81. The topological polar surface area (TPSA) is 49.4 Å². The van der Waals surface area contributed by atoms with E-state index in [1.165, 1.54) is 4.90 Å². The molecule has 0 aliphatic carbocycles. The minimum absolute atomic E-state index is 0.177. The fourth-order valence-corrected chi connectivity index (χ4v) is 2.80. The van der Waals surface area contributed by atoms with E-state index in [0.29, 0.717) is 11.9 Å². The predicted octanol–water partition coefficient (Wildman–Crippen LogP) is 2.51. The van der Waals surface area contributed by atoms with Crippen LogP contribution in [0.15, 0.2) is 30.3 Å². The van der Waals surface area contributed by atoms with Crippen molar-refractivity contribution in [3.63, 3.8) is 0 Å². The molecule has 1 saturated heterocycles. The van der Waals surface area contributed by atoms with Gasteiger partial charge in [0.05, 0.1) is 0 Å². The number of halogens is 1. The van der Waals surface area contributed by atoms with Crippen LogP contribution in [0, 0.1) is 0 Å². The molecule has 1 atom stereocenters. The molecule has 1 aromatic carbocycles. The summed E-state index contributed by atoms with van der Waals surface area (Å²) in [5.41, 5.74) is 0.840. The molecule has 17 heavy (non-hydrogen) atoms. The molecule has 0 saturated carbocycles. The minimum Gasteiger partial charge on any atom is -0.365 e. The first kappa shape index (κ1) is 12.4. The average Bonchev–Trinajstić information content (AvgIpc) is 2.59. The molecule has 1 fully saturated rings. The SMILES string of the molecule is O=C1S[C@@H](Nc2ccccc2)C(=O)N1CCBr. The zero-order chi connectivity index (χ0) is 12.3. The number of alkyl halides is 1. The fraction of sp³-hybridized carbons (Fsp3) is 0.273. The van der Waals surface area contributed by atoms with Crippen LogP contribution in [0.25, 0.3) is 0 Å². The summed E-state index contributed by atoms with van der Waals surface area (Å²) >= 11 is 4.25. The lowest BCUT2D eigenvalue weighted by Crippen LogP contribution is -2.35. The van der Waals surface area contributed by atoms with Gasteiger partial charge in [0.25, 0.3) is 11.1 Å². The van der Waals surface area contributed by atoms with Crippen LogP contribution < -0.4 is 5.32 Å². The average molecular weight is 315 g/mol. The number of nitrogens with one attached hydrogen (secondary N) is 1. The van der Waals surface area contributed by atoms with Gasteiger partial charge in [-0.1, -0.05) is 34.1 Å². The Balaban J connectivity index is 2.04. The molecule has 1 heterocycles. The maximum absolute atomic E-state index is 11.9. The molecule has 1 aliphatic rings. The van der Waals surface area contributed by atoms with Crippen molar-refractivity contribution in [2.24, 2.45) is 0 Å². The summed E-state index contributed by atoms with van der Waals surface area (Å²) in [7, 11) is 0. The van der Waals surface area contributed by atoms with Crippen molar-refractivity contribution >= 4 is 44.5 Å². The molecular formula is C11H11BrN2O2S. The van der Waals surface area contributed by atoms with E-state index in [1.807, 2.05) is 30.3 Å². The summed E-state index contributed by atoms with van der Waals surface area (Å²) in [5.74, 6) is -0.177. The van der Waals surface area contributed by atoms with Crippen LogP contribution in [0.4, 0.5) is 10.5 Å². The number of rotatable bonds is 4. The molecule has 90 valence electrons. The number of anilines is 1. The van der Waals surface area contributed by atoms with Crippen LogP contribution in [0.2, 0.25) is 0 Å². The lowest BCUT2D eigenvalue weighted by molar-refractivity contribution is -0.125. The van der Waals surface area contributed by atoms with Gasteiger partial charge in [-0.3, -0.25) is 14.5 Å². The molecule has 6 heteroatoms. The van der Waals surface area contributed by atoms with Crippen molar-refractivity contribution in [1.82, 2.24) is 4.90 Å². The zero-order valence-corrected chi connectivity index (χ0v) is 11.3. The molecule has 1 N–H and O–H groups in total. The Labute approximate surface area is 112 Å². The Bertz CT molecular complexity index is 427. The number of imide groups is 1. The lowest BCUT2D eigenvalue weighted by Gasteiger charge is -2.13. The van der Waals surface area contributed by atoms with Gasteiger partial charge in [-0.2, -0.15) is 0 Å². The monoisotopic (exact) mass is 314 g/mol. The van der Waals surface area contributed by atoms with Gasteiger partial charge in [-0.25, -0.2) is 0 Å². The second kappa shape index (κ2) is 5.55. The summed E-state index contributed by atoms with van der Waals surface area (Å²) in [4.78, 5) is 24.8. The van der Waals surface area contributed by atoms with E-state index >= 15 is 0 Å². The standard InChI is InChI=1S/C11H11BrN2O2S/c12-6-7-14-10(15)9(17-11(14)16)13-8-4-2-1-3-5-8/h1-5,9,13H,6-7H2/t9-/m1/s1. The Hall–Kier alpha value is -1.01.